The molecule has 1 aromatic carbocycles. The molecule has 0 saturated heterocycles. The van der Waals surface area contributed by atoms with Gasteiger partial charge in [0.05, 0.1) is 6.54 Å². The van der Waals surface area contributed by atoms with Crippen LogP contribution in [-0.2, 0) is 13.1 Å². The van der Waals surface area contributed by atoms with Crippen LogP contribution in [0.3, 0.4) is 0 Å². The van der Waals surface area contributed by atoms with Crippen molar-refractivity contribution in [3.05, 3.63) is 54.4 Å². The molecule has 3 aromatic rings. The summed E-state index contributed by atoms with van der Waals surface area (Å²) in [6.45, 7) is 1.37. The zero-order chi connectivity index (χ0) is 12.2. The molecule has 5 heteroatoms. The number of hydrogen-bond acceptors (Lipinski definition) is 5. The first-order valence-electron chi connectivity index (χ1n) is 5.70. The highest BCUT2D eigenvalue weighted by Crippen LogP contribution is 2.14. The molecule has 0 unspecified atom stereocenters. The number of nitrogens with zero attached hydrogens (tertiary/aromatic N) is 3. The molecule has 3 rings (SSSR count). The SMILES string of the molecule is c1cc2cc(CNCc3ncon3)ccc2cn1. The predicted octanol–water partition coefficient (Wildman–Crippen LogP) is 1.91. The van der Waals surface area contributed by atoms with Gasteiger partial charge in [-0.25, -0.2) is 0 Å². The van der Waals surface area contributed by atoms with Gasteiger partial charge in [0.1, 0.15) is 0 Å². The summed E-state index contributed by atoms with van der Waals surface area (Å²) in [5.41, 5.74) is 1.22. The molecule has 2 aromatic heterocycles. The van der Waals surface area contributed by atoms with Gasteiger partial charge in [-0.3, -0.25) is 4.98 Å². The largest absolute Gasteiger partial charge is 0.343 e. The molecule has 90 valence electrons. The number of hydrogen-bond donors (Lipinski definition) is 1. The summed E-state index contributed by atoms with van der Waals surface area (Å²) in [7, 11) is 0. The van der Waals surface area contributed by atoms with E-state index in [1.54, 1.807) is 6.20 Å². The van der Waals surface area contributed by atoms with Crippen molar-refractivity contribution in [3.8, 4) is 0 Å². The molecule has 0 aliphatic heterocycles. The maximum atomic E-state index is 4.67. The summed E-state index contributed by atoms with van der Waals surface area (Å²) < 4.78 is 4.67. The van der Waals surface area contributed by atoms with E-state index in [0.717, 1.165) is 11.9 Å². The standard InChI is InChI=1S/C13H12N4O/c1-2-12-7-14-4-3-11(12)5-10(1)6-15-8-13-16-9-18-17-13/h1-5,7,9,15H,6,8H2. The first-order valence-corrected chi connectivity index (χ1v) is 5.70. The van der Waals surface area contributed by atoms with E-state index < -0.39 is 0 Å². The fourth-order valence-electron chi connectivity index (χ4n) is 1.83. The van der Waals surface area contributed by atoms with Crippen LogP contribution in [0, 0.1) is 0 Å². The lowest BCUT2D eigenvalue weighted by Crippen LogP contribution is -2.13. The Labute approximate surface area is 104 Å². The Balaban J connectivity index is 1.67. The molecule has 1 N–H and O–H groups in total. The third-order valence-electron chi connectivity index (χ3n) is 2.72. The Bertz CT molecular complexity index is 636. The van der Waals surface area contributed by atoms with E-state index in [-0.39, 0.29) is 0 Å². The van der Waals surface area contributed by atoms with Gasteiger partial charge in [-0.05, 0) is 23.1 Å². The van der Waals surface area contributed by atoms with Crippen molar-refractivity contribution >= 4 is 10.8 Å². The molecule has 18 heavy (non-hydrogen) atoms. The Morgan fingerprint density at radius 3 is 3.00 bits per heavy atom. The summed E-state index contributed by atoms with van der Waals surface area (Å²) in [6.07, 6.45) is 5.00. The Kier molecular flexibility index (Phi) is 2.97. The molecule has 5 nitrogen and oxygen atoms in total. The van der Waals surface area contributed by atoms with Crippen molar-refractivity contribution in [2.45, 2.75) is 13.1 Å². The highest BCUT2D eigenvalue weighted by atomic mass is 16.5. The Morgan fingerprint density at radius 1 is 1.11 bits per heavy atom. The normalized spacial score (nSPS) is 10.9. The van der Waals surface area contributed by atoms with Crippen LogP contribution in [0.25, 0.3) is 10.8 Å². The van der Waals surface area contributed by atoms with E-state index in [2.05, 4.69) is 43.2 Å². The van der Waals surface area contributed by atoms with E-state index in [0.29, 0.717) is 12.4 Å². The van der Waals surface area contributed by atoms with Gasteiger partial charge in [0.15, 0.2) is 5.82 Å². The molecular formula is C13H12N4O. The van der Waals surface area contributed by atoms with E-state index in [9.17, 15) is 0 Å². The van der Waals surface area contributed by atoms with Crippen LogP contribution in [-0.4, -0.2) is 15.1 Å². The quantitative estimate of drug-likeness (QED) is 0.754. The fourth-order valence-corrected chi connectivity index (χ4v) is 1.83. The molecule has 0 aliphatic rings. The number of fused-ring (bicyclic) bond motifs is 1. The van der Waals surface area contributed by atoms with Gasteiger partial charge in [-0.15, -0.1) is 0 Å². The lowest BCUT2D eigenvalue weighted by molar-refractivity contribution is 0.407. The van der Waals surface area contributed by atoms with Gasteiger partial charge >= 0.3 is 0 Å². The highest BCUT2D eigenvalue weighted by Gasteiger charge is 1.99. The summed E-state index contributed by atoms with van der Waals surface area (Å²) in [5.74, 6) is 0.667. The maximum Gasteiger partial charge on any atom is 0.213 e. The predicted molar refractivity (Wildman–Crippen MR) is 66.6 cm³/mol. The van der Waals surface area contributed by atoms with Crippen molar-refractivity contribution in [3.63, 3.8) is 0 Å². The van der Waals surface area contributed by atoms with Crippen LogP contribution in [0.1, 0.15) is 11.4 Å². The average molecular weight is 240 g/mol. The van der Waals surface area contributed by atoms with Crippen molar-refractivity contribution < 1.29 is 4.52 Å². The molecule has 0 saturated carbocycles. The zero-order valence-corrected chi connectivity index (χ0v) is 9.71. The molecular weight excluding hydrogens is 228 g/mol. The van der Waals surface area contributed by atoms with Crippen molar-refractivity contribution in [1.82, 2.24) is 20.4 Å². The third kappa shape index (κ3) is 2.36. The molecule has 0 fully saturated rings. The van der Waals surface area contributed by atoms with E-state index in [1.165, 1.54) is 17.3 Å². The maximum absolute atomic E-state index is 4.67. The van der Waals surface area contributed by atoms with Crippen LogP contribution < -0.4 is 5.32 Å². The minimum absolute atomic E-state index is 0.602. The summed E-state index contributed by atoms with van der Waals surface area (Å²) in [4.78, 5) is 8.04. The first-order chi connectivity index (χ1) is 8.92. The lowest BCUT2D eigenvalue weighted by Gasteiger charge is -2.04. The average Bonchev–Trinajstić information content (AvgIpc) is 2.92. The van der Waals surface area contributed by atoms with Gasteiger partial charge < -0.3 is 9.84 Å². The van der Waals surface area contributed by atoms with Crippen LogP contribution in [0.2, 0.25) is 0 Å². The summed E-state index contributed by atoms with van der Waals surface area (Å²) >= 11 is 0. The molecule has 0 spiro atoms. The number of nitrogens with one attached hydrogen (secondary N) is 1. The first kappa shape index (κ1) is 10.9. The van der Waals surface area contributed by atoms with Gasteiger partial charge in [0, 0.05) is 24.3 Å². The second kappa shape index (κ2) is 4.93. The molecule has 0 aliphatic carbocycles. The zero-order valence-electron chi connectivity index (χ0n) is 9.71. The number of aromatic nitrogens is 3. The fraction of sp³-hybridized carbons (Fsp3) is 0.154. The second-order valence-electron chi connectivity index (χ2n) is 4.01. The molecule has 0 radical (unpaired) electrons. The van der Waals surface area contributed by atoms with Gasteiger partial charge in [-0.2, -0.15) is 4.98 Å². The number of pyridine rings is 1. The van der Waals surface area contributed by atoms with Crippen LogP contribution in [0.5, 0.6) is 0 Å². The number of rotatable bonds is 4. The summed E-state index contributed by atoms with van der Waals surface area (Å²) in [6, 6.07) is 8.33. The van der Waals surface area contributed by atoms with E-state index >= 15 is 0 Å². The monoisotopic (exact) mass is 240 g/mol. The van der Waals surface area contributed by atoms with Crippen LogP contribution in [0.4, 0.5) is 0 Å². The van der Waals surface area contributed by atoms with E-state index in [1.807, 2.05) is 12.3 Å². The Hall–Kier alpha value is -2.27. The van der Waals surface area contributed by atoms with Crippen molar-refractivity contribution in [1.29, 1.82) is 0 Å². The van der Waals surface area contributed by atoms with Crippen LogP contribution >= 0.6 is 0 Å². The Morgan fingerprint density at radius 2 is 2.11 bits per heavy atom. The molecule has 2 heterocycles. The molecule has 0 amide bonds. The minimum atomic E-state index is 0.602. The van der Waals surface area contributed by atoms with Crippen LogP contribution in [0.15, 0.2) is 47.6 Å². The van der Waals surface area contributed by atoms with E-state index in [4.69, 9.17) is 0 Å². The van der Waals surface area contributed by atoms with Crippen molar-refractivity contribution in [2.24, 2.45) is 0 Å². The topological polar surface area (TPSA) is 63.8 Å². The smallest absolute Gasteiger partial charge is 0.213 e. The van der Waals surface area contributed by atoms with Gasteiger partial charge in [0.2, 0.25) is 6.39 Å². The minimum Gasteiger partial charge on any atom is -0.343 e. The highest BCUT2D eigenvalue weighted by molar-refractivity contribution is 5.81. The molecule has 0 atom stereocenters. The lowest BCUT2D eigenvalue weighted by atomic mass is 10.1. The van der Waals surface area contributed by atoms with Gasteiger partial charge in [0.25, 0.3) is 0 Å². The van der Waals surface area contributed by atoms with Gasteiger partial charge in [-0.1, -0.05) is 17.3 Å². The molecule has 0 bridgehead atoms. The van der Waals surface area contributed by atoms with Crippen molar-refractivity contribution in [2.75, 3.05) is 0 Å². The number of benzene rings is 1. The second-order valence-corrected chi connectivity index (χ2v) is 4.01. The third-order valence-corrected chi connectivity index (χ3v) is 2.72. The summed E-state index contributed by atoms with van der Waals surface area (Å²) in [5, 5.41) is 9.36.